The molecule has 1 aromatic carbocycles. The number of oxazole rings is 1. The number of hydrogen-bond acceptors (Lipinski definition) is 5. The summed E-state index contributed by atoms with van der Waals surface area (Å²) in [4.78, 5) is 8.21. The van der Waals surface area contributed by atoms with E-state index in [2.05, 4.69) is 41.2 Å². The Balaban J connectivity index is 1.69. The Morgan fingerprint density at radius 1 is 1.30 bits per heavy atom. The molecule has 0 atom stereocenters. The maximum Gasteiger partial charge on any atom is 0.213 e. The monoisotopic (exact) mass is 331 g/mol. The minimum absolute atomic E-state index is 0.0476. The number of halogens is 1. The minimum atomic E-state index is -0.0476. The second-order valence-electron chi connectivity index (χ2n) is 6.23. The highest BCUT2D eigenvalue weighted by Gasteiger charge is 2.19. The summed E-state index contributed by atoms with van der Waals surface area (Å²) in [5.74, 6) is 1.51. The summed E-state index contributed by atoms with van der Waals surface area (Å²) in [7, 11) is 0. The average molecular weight is 332 g/mol. The van der Waals surface area contributed by atoms with E-state index in [1.807, 2.05) is 18.2 Å². The van der Waals surface area contributed by atoms with Gasteiger partial charge in [-0.25, -0.2) is 14.6 Å². The fourth-order valence-electron chi connectivity index (χ4n) is 2.05. The zero-order chi connectivity index (χ0) is 16.4. The van der Waals surface area contributed by atoms with Crippen molar-refractivity contribution in [3.8, 4) is 5.69 Å². The van der Waals surface area contributed by atoms with Crippen molar-refractivity contribution in [2.75, 3.05) is 5.32 Å². The van der Waals surface area contributed by atoms with Gasteiger partial charge < -0.3 is 9.73 Å². The molecule has 0 unspecified atom stereocenters. The molecule has 1 N–H and O–H groups in total. The highest BCUT2D eigenvalue weighted by atomic mass is 35.5. The lowest BCUT2D eigenvalue weighted by Crippen LogP contribution is -2.09. The largest absolute Gasteiger partial charge is 0.443 e. The molecule has 0 aliphatic carbocycles. The normalized spacial score (nSPS) is 11.7. The summed E-state index contributed by atoms with van der Waals surface area (Å²) in [6.45, 7) is 6.77. The quantitative estimate of drug-likeness (QED) is 0.787. The van der Waals surface area contributed by atoms with Gasteiger partial charge in [0, 0.05) is 11.1 Å². The number of aromatic nitrogens is 4. The van der Waals surface area contributed by atoms with Gasteiger partial charge in [-0.2, -0.15) is 5.10 Å². The Morgan fingerprint density at radius 2 is 2.13 bits per heavy atom. The molecular formula is C16H18ClN5O. The van der Waals surface area contributed by atoms with Gasteiger partial charge in [0.2, 0.25) is 5.89 Å². The lowest BCUT2D eigenvalue weighted by molar-refractivity contribution is 0.385. The fraction of sp³-hybridized carbons (Fsp3) is 0.312. The van der Waals surface area contributed by atoms with Crippen LogP contribution in [0.4, 0.5) is 5.69 Å². The maximum atomic E-state index is 6.30. The Bertz CT molecular complexity index is 789. The number of rotatable bonds is 4. The molecule has 23 heavy (non-hydrogen) atoms. The molecule has 6 nitrogen and oxygen atoms in total. The van der Waals surface area contributed by atoms with Crippen molar-refractivity contribution >= 4 is 17.3 Å². The van der Waals surface area contributed by atoms with Crippen LogP contribution in [0.15, 0.2) is 41.5 Å². The highest BCUT2D eigenvalue weighted by molar-refractivity contribution is 6.32. The van der Waals surface area contributed by atoms with Gasteiger partial charge in [-0.05, 0) is 18.2 Å². The van der Waals surface area contributed by atoms with Crippen LogP contribution >= 0.6 is 11.6 Å². The van der Waals surface area contributed by atoms with Crippen molar-refractivity contribution in [2.24, 2.45) is 0 Å². The van der Waals surface area contributed by atoms with Crippen LogP contribution in [0.1, 0.15) is 32.4 Å². The van der Waals surface area contributed by atoms with E-state index in [1.54, 1.807) is 17.2 Å². The second kappa shape index (κ2) is 6.04. The standard InChI is InChI=1S/C16H18ClN5O/c1-16(2,3)14-7-20-15(23-14)8-19-11-4-5-13(12(17)6-11)22-10-18-9-21-22/h4-7,9-10,19H,8H2,1-3H3. The van der Waals surface area contributed by atoms with Gasteiger partial charge in [-0.3, -0.25) is 0 Å². The highest BCUT2D eigenvalue weighted by Crippen LogP contribution is 2.25. The number of nitrogens with zero attached hydrogens (tertiary/aromatic N) is 4. The third-order valence-corrected chi connectivity index (χ3v) is 3.65. The molecular weight excluding hydrogens is 314 g/mol. The summed E-state index contributed by atoms with van der Waals surface area (Å²) in [5.41, 5.74) is 1.61. The lowest BCUT2D eigenvalue weighted by Gasteiger charge is -2.13. The summed E-state index contributed by atoms with van der Waals surface area (Å²) in [6, 6.07) is 5.65. The summed E-state index contributed by atoms with van der Waals surface area (Å²) in [6.07, 6.45) is 4.85. The number of nitrogens with one attached hydrogen (secondary N) is 1. The van der Waals surface area contributed by atoms with Gasteiger partial charge >= 0.3 is 0 Å². The minimum Gasteiger partial charge on any atom is -0.443 e. The van der Waals surface area contributed by atoms with E-state index < -0.39 is 0 Å². The van der Waals surface area contributed by atoms with E-state index >= 15 is 0 Å². The molecule has 0 aliphatic heterocycles. The van der Waals surface area contributed by atoms with Gasteiger partial charge in [0.05, 0.1) is 23.5 Å². The van der Waals surface area contributed by atoms with E-state index in [1.165, 1.54) is 6.33 Å². The summed E-state index contributed by atoms with van der Waals surface area (Å²) < 4.78 is 7.37. The Morgan fingerprint density at radius 3 is 2.74 bits per heavy atom. The van der Waals surface area contributed by atoms with Crippen molar-refractivity contribution in [2.45, 2.75) is 32.7 Å². The van der Waals surface area contributed by atoms with Gasteiger partial charge in [-0.1, -0.05) is 32.4 Å². The molecule has 0 saturated carbocycles. The van der Waals surface area contributed by atoms with E-state index in [0.717, 1.165) is 17.1 Å². The Hall–Kier alpha value is -2.34. The van der Waals surface area contributed by atoms with Crippen LogP contribution in [0.25, 0.3) is 5.69 Å². The molecule has 7 heteroatoms. The first-order chi connectivity index (χ1) is 10.9. The number of hydrogen-bond donors (Lipinski definition) is 1. The second-order valence-corrected chi connectivity index (χ2v) is 6.64. The molecule has 3 rings (SSSR count). The van der Waals surface area contributed by atoms with Gasteiger partial charge in [0.25, 0.3) is 0 Å². The van der Waals surface area contributed by atoms with Gasteiger partial charge in [-0.15, -0.1) is 0 Å². The Kier molecular flexibility index (Phi) is 4.09. The molecule has 120 valence electrons. The first kappa shape index (κ1) is 15.6. The van der Waals surface area contributed by atoms with Crippen molar-refractivity contribution in [3.63, 3.8) is 0 Å². The van der Waals surface area contributed by atoms with Crippen LogP contribution in [-0.4, -0.2) is 19.7 Å². The first-order valence-corrected chi connectivity index (χ1v) is 7.65. The molecule has 2 aromatic heterocycles. The third kappa shape index (κ3) is 3.53. The van der Waals surface area contributed by atoms with Crippen LogP contribution < -0.4 is 5.32 Å². The van der Waals surface area contributed by atoms with Crippen LogP contribution in [0.5, 0.6) is 0 Å². The van der Waals surface area contributed by atoms with E-state index in [4.69, 9.17) is 16.0 Å². The summed E-state index contributed by atoms with van der Waals surface area (Å²) >= 11 is 6.30. The fourth-order valence-corrected chi connectivity index (χ4v) is 2.32. The van der Waals surface area contributed by atoms with Crippen LogP contribution in [0, 0.1) is 0 Å². The lowest BCUT2D eigenvalue weighted by atomic mass is 9.94. The smallest absolute Gasteiger partial charge is 0.213 e. The van der Waals surface area contributed by atoms with E-state index in [0.29, 0.717) is 17.5 Å². The first-order valence-electron chi connectivity index (χ1n) is 7.27. The van der Waals surface area contributed by atoms with Crippen LogP contribution in [0.2, 0.25) is 5.02 Å². The zero-order valence-corrected chi connectivity index (χ0v) is 14.0. The van der Waals surface area contributed by atoms with Crippen molar-refractivity contribution in [1.82, 2.24) is 19.7 Å². The number of anilines is 1. The topological polar surface area (TPSA) is 68.8 Å². The molecule has 0 aliphatic rings. The predicted molar refractivity (Wildman–Crippen MR) is 88.9 cm³/mol. The number of benzene rings is 1. The van der Waals surface area contributed by atoms with E-state index in [-0.39, 0.29) is 5.41 Å². The average Bonchev–Trinajstić information content (AvgIpc) is 3.16. The van der Waals surface area contributed by atoms with Crippen LogP contribution in [0.3, 0.4) is 0 Å². The summed E-state index contributed by atoms with van der Waals surface area (Å²) in [5, 5.41) is 7.91. The van der Waals surface area contributed by atoms with Crippen molar-refractivity contribution in [3.05, 3.63) is 53.7 Å². The van der Waals surface area contributed by atoms with Gasteiger partial charge in [0.15, 0.2) is 0 Å². The molecule has 0 radical (unpaired) electrons. The molecule has 0 spiro atoms. The van der Waals surface area contributed by atoms with Crippen molar-refractivity contribution in [1.29, 1.82) is 0 Å². The predicted octanol–water partition coefficient (Wildman–Crippen LogP) is 3.82. The van der Waals surface area contributed by atoms with Gasteiger partial charge in [0.1, 0.15) is 18.4 Å². The molecule has 3 aromatic rings. The van der Waals surface area contributed by atoms with E-state index in [9.17, 15) is 0 Å². The molecule has 2 heterocycles. The maximum absolute atomic E-state index is 6.30. The molecule has 0 amide bonds. The van der Waals surface area contributed by atoms with Crippen molar-refractivity contribution < 1.29 is 4.42 Å². The molecule has 0 bridgehead atoms. The molecule has 0 fully saturated rings. The molecule has 0 saturated heterocycles. The Labute approximate surface area is 139 Å². The third-order valence-electron chi connectivity index (χ3n) is 3.35. The zero-order valence-electron chi connectivity index (χ0n) is 13.2. The van der Waals surface area contributed by atoms with Crippen LogP contribution in [-0.2, 0) is 12.0 Å². The SMILES string of the molecule is CC(C)(C)c1cnc(CNc2ccc(-n3cncn3)c(Cl)c2)o1.